The summed E-state index contributed by atoms with van der Waals surface area (Å²) in [6, 6.07) is 7.58. The lowest BCUT2D eigenvalue weighted by molar-refractivity contribution is 0.246. The number of fused-ring (bicyclic) bond motifs is 1. The van der Waals surface area contributed by atoms with Crippen LogP contribution >= 0.6 is 0 Å². The van der Waals surface area contributed by atoms with Gasteiger partial charge in [-0.25, -0.2) is 19.7 Å². The molecule has 2 heterocycles. The van der Waals surface area contributed by atoms with E-state index >= 15 is 0 Å². The Bertz CT molecular complexity index is 611. The van der Waals surface area contributed by atoms with Gasteiger partial charge in [-0.05, 0) is 18.6 Å². The highest BCUT2D eigenvalue weighted by atomic mass is 16.2. The number of hydrogen-bond donors (Lipinski definition) is 1. The van der Waals surface area contributed by atoms with E-state index in [-0.39, 0.29) is 6.03 Å². The van der Waals surface area contributed by atoms with E-state index in [0.29, 0.717) is 12.4 Å². The molecule has 2 amide bonds. The Hall–Kier alpha value is -2.43. The van der Waals surface area contributed by atoms with Crippen molar-refractivity contribution >= 4 is 17.5 Å². The molecule has 2 aromatic rings. The summed E-state index contributed by atoms with van der Waals surface area (Å²) in [6.45, 7) is 2.44. The molecule has 1 aliphatic heterocycles. The van der Waals surface area contributed by atoms with Crippen molar-refractivity contribution in [1.82, 2.24) is 15.3 Å². The Morgan fingerprint density at radius 2 is 2.17 bits per heavy atom. The van der Waals surface area contributed by atoms with Crippen molar-refractivity contribution in [2.75, 3.05) is 4.90 Å². The van der Waals surface area contributed by atoms with Gasteiger partial charge < -0.3 is 5.32 Å². The summed E-state index contributed by atoms with van der Waals surface area (Å²) in [5.41, 5.74) is 2.79. The zero-order valence-corrected chi connectivity index (χ0v) is 9.92. The molecular weight excluding hydrogens is 228 g/mol. The van der Waals surface area contributed by atoms with Gasteiger partial charge in [0.2, 0.25) is 0 Å². The van der Waals surface area contributed by atoms with E-state index in [2.05, 4.69) is 15.3 Å². The van der Waals surface area contributed by atoms with Gasteiger partial charge in [-0.3, -0.25) is 0 Å². The van der Waals surface area contributed by atoms with Crippen LogP contribution in [0, 0.1) is 6.92 Å². The quantitative estimate of drug-likeness (QED) is 0.830. The van der Waals surface area contributed by atoms with E-state index in [1.54, 1.807) is 11.1 Å². The molecule has 0 atom stereocenters. The molecule has 0 fully saturated rings. The lowest BCUT2D eigenvalue weighted by Gasteiger charge is -2.29. The Balaban J connectivity index is 2.17. The van der Waals surface area contributed by atoms with Crippen LogP contribution in [0.5, 0.6) is 0 Å². The maximum absolute atomic E-state index is 12.1. The molecule has 90 valence electrons. The largest absolute Gasteiger partial charge is 0.333 e. The minimum atomic E-state index is -0.157. The number of hydrogen-bond acceptors (Lipinski definition) is 3. The molecule has 1 aliphatic rings. The van der Waals surface area contributed by atoms with Gasteiger partial charge in [0.15, 0.2) is 0 Å². The Labute approximate surface area is 104 Å². The summed E-state index contributed by atoms with van der Waals surface area (Å²) in [5.74, 6) is 0.656. The number of nitrogens with one attached hydrogen (secondary N) is 1. The van der Waals surface area contributed by atoms with Gasteiger partial charge in [0.05, 0.1) is 5.69 Å². The third-order valence-electron chi connectivity index (χ3n) is 2.97. The van der Waals surface area contributed by atoms with Gasteiger partial charge in [0, 0.05) is 18.3 Å². The molecule has 0 spiro atoms. The number of benzene rings is 1. The summed E-state index contributed by atoms with van der Waals surface area (Å²) >= 11 is 0. The predicted octanol–water partition coefficient (Wildman–Crippen LogP) is 2.15. The molecule has 18 heavy (non-hydrogen) atoms. The maximum atomic E-state index is 12.1. The number of nitrogens with zero attached hydrogens (tertiary/aromatic N) is 3. The van der Waals surface area contributed by atoms with E-state index in [1.807, 2.05) is 31.2 Å². The lowest BCUT2D eigenvalue weighted by atomic mass is 10.1. The summed E-state index contributed by atoms with van der Waals surface area (Å²) < 4.78 is 0. The first-order chi connectivity index (χ1) is 8.77. The second kappa shape index (κ2) is 4.10. The van der Waals surface area contributed by atoms with Crippen LogP contribution in [0.3, 0.4) is 0 Å². The van der Waals surface area contributed by atoms with Crippen LogP contribution in [0.25, 0.3) is 0 Å². The molecule has 0 saturated carbocycles. The topological polar surface area (TPSA) is 58.1 Å². The summed E-state index contributed by atoms with van der Waals surface area (Å²) in [6.07, 6.45) is 3.19. The Morgan fingerprint density at radius 1 is 1.33 bits per heavy atom. The lowest BCUT2D eigenvalue weighted by Crippen LogP contribution is -2.42. The predicted molar refractivity (Wildman–Crippen MR) is 67.6 cm³/mol. The first-order valence-corrected chi connectivity index (χ1v) is 5.70. The fraction of sp³-hybridized carbons (Fsp3) is 0.154. The van der Waals surface area contributed by atoms with Crippen LogP contribution in [-0.2, 0) is 6.54 Å². The highest BCUT2D eigenvalue weighted by Crippen LogP contribution is 2.31. The monoisotopic (exact) mass is 240 g/mol. The molecule has 1 aromatic carbocycles. The number of rotatable bonds is 1. The first-order valence-electron chi connectivity index (χ1n) is 5.70. The normalized spacial score (nSPS) is 14.1. The highest BCUT2D eigenvalue weighted by molar-refractivity contribution is 6.01. The van der Waals surface area contributed by atoms with Gasteiger partial charge in [-0.2, -0.15) is 0 Å². The first kappa shape index (κ1) is 10.7. The smallest absolute Gasteiger partial charge is 0.328 e. The molecule has 0 unspecified atom stereocenters. The third kappa shape index (κ3) is 1.60. The number of amides is 2. The summed E-state index contributed by atoms with van der Waals surface area (Å²) in [5, 5.41) is 2.82. The molecule has 0 radical (unpaired) electrons. The van der Waals surface area contributed by atoms with Crippen molar-refractivity contribution in [3.63, 3.8) is 0 Å². The fourth-order valence-electron chi connectivity index (χ4n) is 2.06. The number of carbonyl (C=O) groups excluding carboxylic acids is 1. The average molecular weight is 240 g/mol. The van der Waals surface area contributed by atoms with Crippen molar-refractivity contribution in [2.24, 2.45) is 0 Å². The molecular formula is C13H12N4O. The zero-order valence-electron chi connectivity index (χ0n) is 9.92. The van der Waals surface area contributed by atoms with Gasteiger partial charge in [-0.1, -0.05) is 18.2 Å². The summed E-state index contributed by atoms with van der Waals surface area (Å²) in [7, 11) is 0. The van der Waals surface area contributed by atoms with Crippen LogP contribution in [-0.4, -0.2) is 16.0 Å². The number of aromatic nitrogens is 2. The van der Waals surface area contributed by atoms with E-state index in [0.717, 1.165) is 16.8 Å². The van der Waals surface area contributed by atoms with Crippen molar-refractivity contribution in [1.29, 1.82) is 0 Å². The maximum Gasteiger partial charge on any atom is 0.328 e. The third-order valence-corrected chi connectivity index (χ3v) is 2.97. The average Bonchev–Trinajstić information content (AvgIpc) is 2.40. The molecule has 0 bridgehead atoms. The fourth-order valence-corrected chi connectivity index (χ4v) is 2.06. The summed E-state index contributed by atoms with van der Waals surface area (Å²) in [4.78, 5) is 21.9. The van der Waals surface area contributed by atoms with Gasteiger partial charge in [0.1, 0.15) is 12.1 Å². The van der Waals surface area contributed by atoms with Crippen molar-refractivity contribution < 1.29 is 4.79 Å². The number of para-hydroxylation sites is 1. The molecule has 5 nitrogen and oxygen atoms in total. The van der Waals surface area contributed by atoms with Crippen LogP contribution in [0.4, 0.5) is 16.3 Å². The number of aryl methyl sites for hydroxylation is 1. The van der Waals surface area contributed by atoms with Crippen molar-refractivity contribution in [3.8, 4) is 0 Å². The second-order valence-electron chi connectivity index (χ2n) is 4.15. The number of anilines is 2. The highest BCUT2D eigenvalue weighted by Gasteiger charge is 2.27. The van der Waals surface area contributed by atoms with E-state index < -0.39 is 0 Å². The van der Waals surface area contributed by atoms with Gasteiger partial charge in [-0.15, -0.1) is 0 Å². The second-order valence-corrected chi connectivity index (χ2v) is 4.15. The minimum Gasteiger partial charge on any atom is -0.333 e. The molecule has 3 rings (SSSR count). The zero-order chi connectivity index (χ0) is 12.5. The van der Waals surface area contributed by atoms with Crippen LogP contribution < -0.4 is 10.2 Å². The molecule has 1 N–H and O–H groups in total. The molecule has 0 aliphatic carbocycles. The van der Waals surface area contributed by atoms with Crippen molar-refractivity contribution in [3.05, 3.63) is 47.9 Å². The molecule has 0 saturated heterocycles. The van der Waals surface area contributed by atoms with Crippen LogP contribution in [0.2, 0.25) is 0 Å². The van der Waals surface area contributed by atoms with Crippen LogP contribution in [0.15, 0.2) is 36.8 Å². The SMILES string of the molecule is Cc1ccccc1N1C(=O)NCc2cncnc21. The molecule has 5 heteroatoms. The molecule has 1 aromatic heterocycles. The van der Waals surface area contributed by atoms with Crippen LogP contribution in [0.1, 0.15) is 11.1 Å². The minimum absolute atomic E-state index is 0.157. The Morgan fingerprint density at radius 3 is 3.00 bits per heavy atom. The van der Waals surface area contributed by atoms with E-state index in [9.17, 15) is 4.79 Å². The van der Waals surface area contributed by atoms with Gasteiger partial charge >= 0.3 is 6.03 Å². The Kier molecular flexibility index (Phi) is 2.44. The van der Waals surface area contributed by atoms with E-state index in [4.69, 9.17) is 0 Å². The van der Waals surface area contributed by atoms with Crippen molar-refractivity contribution in [2.45, 2.75) is 13.5 Å². The standard InChI is InChI=1S/C13H12N4O/c1-9-4-2-3-5-11(9)17-12-10(6-14-8-16-12)7-15-13(17)18/h2-6,8H,7H2,1H3,(H,15,18). The number of urea groups is 1. The van der Waals surface area contributed by atoms with E-state index in [1.165, 1.54) is 6.33 Å². The number of carbonyl (C=O) groups is 1. The van der Waals surface area contributed by atoms with Gasteiger partial charge in [0.25, 0.3) is 0 Å².